The Morgan fingerprint density at radius 2 is 2.27 bits per heavy atom. The van der Waals surface area contributed by atoms with Crippen molar-refractivity contribution in [1.82, 2.24) is 20.5 Å². The molecule has 3 amide bonds. The highest BCUT2D eigenvalue weighted by Crippen LogP contribution is 2.34. The Hall–Kier alpha value is -1.63. The summed E-state index contributed by atoms with van der Waals surface area (Å²) in [4.78, 5) is 31.4. The minimum Gasteiger partial charge on any atom is -0.344 e. The highest BCUT2D eigenvalue weighted by atomic mass is 32.1. The number of urea groups is 1. The van der Waals surface area contributed by atoms with Crippen molar-refractivity contribution in [2.45, 2.75) is 44.6 Å². The molecular formula is C15H22N4O2S. The zero-order chi connectivity index (χ0) is 15.7. The maximum Gasteiger partial charge on any atom is 0.315 e. The van der Waals surface area contributed by atoms with Gasteiger partial charge in [-0.2, -0.15) is 0 Å². The average molecular weight is 322 g/mol. The van der Waals surface area contributed by atoms with Crippen molar-refractivity contribution < 1.29 is 9.59 Å². The molecule has 3 rings (SSSR count). The van der Waals surface area contributed by atoms with E-state index in [2.05, 4.69) is 15.6 Å². The topological polar surface area (TPSA) is 74.3 Å². The van der Waals surface area contributed by atoms with Crippen LogP contribution in [0.3, 0.4) is 0 Å². The number of carbonyl (C=O) groups excluding carboxylic acids is 2. The van der Waals surface area contributed by atoms with Crippen LogP contribution >= 0.6 is 11.3 Å². The summed E-state index contributed by atoms with van der Waals surface area (Å²) in [6.07, 6.45) is 3.99. The van der Waals surface area contributed by atoms with Crippen LogP contribution in [0.25, 0.3) is 0 Å². The van der Waals surface area contributed by atoms with Crippen molar-refractivity contribution in [3.05, 3.63) is 15.6 Å². The molecule has 1 fully saturated rings. The van der Waals surface area contributed by atoms with Gasteiger partial charge in [-0.05, 0) is 32.6 Å². The monoisotopic (exact) mass is 322 g/mol. The molecule has 0 aromatic carbocycles. The van der Waals surface area contributed by atoms with Crippen molar-refractivity contribution in [3.63, 3.8) is 0 Å². The molecule has 22 heavy (non-hydrogen) atoms. The molecule has 6 nitrogen and oxygen atoms in total. The summed E-state index contributed by atoms with van der Waals surface area (Å²) in [5.41, 5.74) is 1.16. The van der Waals surface area contributed by atoms with Crippen LogP contribution in [-0.4, -0.2) is 48.0 Å². The van der Waals surface area contributed by atoms with E-state index in [1.807, 2.05) is 6.92 Å². The first-order valence-corrected chi connectivity index (χ1v) is 8.62. The first-order chi connectivity index (χ1) is 10.5. The fourth-order valence-electron chi connectivity index (χ4n) is 3.21. The zero-order valence-corrected chi connectivity index (χ0v) is 13.8. The van der Waals surface area contributed by atoms with E-state index >= 15 is 0 Å². The van der Waals surface area contributed by atoms with E-state index in [9.17, 15) is 9.59 Å². The molecule has 0 saturated carbocycles. The number of aromatic nitrogens is 1. The number of aryl methyl sites for hydroxylation is 2. The molecule has 1 aromatic heterocycles. The number of likely N-dealkylation sites (tertiary alicyclic amines) is 1. The Morgan fingerprint density at radius 3 is 3.00 bits per heavy atom. The second kappa shape index (κ2) is 6.24. The summed E-state index contributed by atoms with van der Waals surface area (Å²) < 4.78 is 0. The van der Waals surface area contributed by atoms with E-state index in [0.717, 1.165) is 30.0 Å². The number of thiazole rings is 1. The minimum atomic E-state index is -0.381. The van der Waals surface area contributed by atoms with Gasteiger partial charge in [0.2, 0.25) is 5.91 Å². The molecule has 2 N–H and O–H groups in total. The molecule has 0 radical (unpaired) electrons. The highest BCUT2D eigenvalue weighted by molar-refractivity contribution is 7.11. The van der Waals surface area contributed by atoms with Gasteiger partial charge in [-0.15, -0.1) is 11.3 Å². The largest absolute Gasteiger partial charge is 0.344 e. The standard InChI is InChI=1S/C15H22N4O2S/c1-9-17-13-10(4-3-5-12(13)22-9)8-16-15(21)18-11-6-7-19(2)14(11)20/h10-11H,3-8H2,1-2H3,(H2,16,18,21). The number of likely N-dealkylation sites (N-methyl/N-ethyl adjacent to an activating group) is 1. The van der Waals surface area contributed by atoms with Gasteiger partial charge in [-0.25, -0.2) is 9.78 Å². The van der Waals surface area contributed by atoms with Gasteiger partial charge >= 0.3 is 6.03 Å². The number of hydrogen-bond donors (Lipinski definition) is 2. The normalized spacial score (nSPS) is 24.3. The van der Waals surface area contributed by atoms with Gasteiger partial charge in [0.15, 0.2) is 0 Å². The van der Waals surface area contributed by atoms with Crippen LogP contribution in [0.1, 0.15) is 40.8 Å². The quantitative estimate of drug-likeness (QED) is 0.883. The molecule has 1 saturated heterocycles. The van der Waals surface area contributed by atoms with Crippen LogP contribution in [0.5, 0.6) is 0 Å². The Bertz CT molecular complexity index is 586. The maximum atomic E-state index is 12.0. The van der Waals surface area contributed by atoms with E-state index in [-0.39, 0.29) is 18.0 Å². The van der Waals surface area contributed by atoms with Gasteiger partial charge in [0.25, 0.3) is 0 Å². The minimum absolute atomic E-state index is 0.00905. The summed E-state index contributed by atoms with van der Waals surface area (Å²) in [5, 5.41) is 6.78. The molecule has 2 unspecified atom stereocenters. The van der Waals surface area contributed by atoms with Crippen LogP contribution in [0.15, 0.2) is 0 Å². The Kier molecular flexibility index (Phi) is 4.33. The summed E-state index contributed by atoms with van der Waals surface area (Å²) in [6.45, 7) is 3.31. The van der Waals surface area contributed by atoms with Crippen molar-refractivity contribution in [2.75, 3.05) is 20.1 Å². The third kappa shape index (κ3) is 3.09. The van der Waals surface area contributed by atoms with Crippen molar-refractivity contribution in [2.24, 2.45) is 0 Å². The molecule has 0 spiro atoms. The fraction of sp³-hybridized carbons (Fsp3) is 0.667. The lowest BCUT2D eigenvalue weighted by molar-refractivity contribution is -0.128. The average Bonchev–Trinajstić information content (AvgIpc) is 3.01. The van der Waals surface area contributed by atoms with Crippen LogP contribution in [0.4, 0.5) is 4.79 Å². The predicted octanol–water partition coefficient (Wildman–Crippen LogP) is 1.40. The maximum absolute atomic E-state index is 12.0. The molecule has 0 bridgehead atoms. The third-order valence-electron chi connectivity index (χ3n) is 4.42. The van der Waals surface area contributed by atoms with Gasteiger partial charge in [0.1, 0.15) is 6.04 Å². The number of rotatable bonds is 3. The van der Waals surface area contributed by atoms with Gasteiger partial charge < -0.3 is 15.5 Å². The lowest BCUT2D eigenvalue weighted by Gasteiger charge is -2.22. The number of nitrogens with zero attached hydrogens (tertiary/aromatic N) is 2. The number of carbonyl (C=O) groups is 2. The fourth-order valence-corrected chi connectivity index (χ4v) is 4.27. The summed E-state index contributed by atoms with van der Waals surface area (Å²) in [7, 11) is 1.76. The smallest absolute Gasteiger partial charge is 0.315 e. The van der Waals surface area contributed by atoms with E-state index < -0.39 is 0 Å². The molecule has 1 aliphatic carbocycles. The molecule has 1 aliphatic heterocycles. The van der Waals surface area contributed by atoms with Gasteiger partial charge in [-0.1, -0.05) is 0 Å². The number of nitrogens with one attached hydrogen (secondary N) is 2. The molecule has 120 valence electrons. The number of amides is 3. The van der Waals surface area contributed by atoms with Crippen molar-refractivity contribution in [3.8, 4) is 0 Å². The van der Waals surface area contributed by atoms with Gasteiger partial charge in [-0.3, -0.25) is 4.79 Å². The van der Waals surface area contributed by atoms with Crippen LogP contribution in [-0.2, 0) is 11.2 Å². The van der Waals surface area contributed by atoms with Gasteiger partial charge in [0.05, 0.1) is 10.7 Å². The SMILES string of the molecule is Cc1nc2c(s1)CCCC2CNC(=O)NC1CCN(C)C1=O. The highest BCUT2D eigenvalue weighted by Gasteiger charge is 2.30. The van der Waals surface area contributed by atoms with Crippen molar-refractivity contribution >= 4 is 23.3 Å². The number of fused-ring (bicyclic) bond motifs is 1. The van der Waals surface area contributed by atoms with Crippen LogP contribution < -0.4 is 10.6 Å². The predicted molar refractivity (Wildman–Crippen MR) is 85.1 cm³/mol. The summed E-state index contributed by atoms with van der Waals surface area (Å²) in [5.74, 6) is 0.284. The Labute approximate surface area is 134 Å². The molecule has 2 atom stereocenters. The lowest BCUT2D eigenvalue weighted by Crippen LogP contribution is -2.46. The van der Waals surface area contributed by atoms with E-state index in [4.69, 9.17) is 0 Å². The van der Waals surface area contributed by atoms with Crippen LogP contribution in [0, 0.1) is 6.92 Å². The zero-order valence-electron chi connectivity index (χ0n) is 13.0. The molecule has 7 heteroatoms. The molecular weight excluding hydrogens is 300 g/mol. The second-order valence-electron chi connectivity index (χ2n) is 6.09. The molecule has 1 aromatic rings. The van der Waals surface area contributed by atoms with Crippen molar-refractivity contribution in [1.29, 1.82) is 0 Å². The lowest BCUT2D eigenvalue weighted by atomic mass is 9.91. The Balaban J connectivity index is 1.53. The van der Waals surface area contributed by atoms with E-state index in [1.165, 1.54) is 4.88 Å². The summed E-state index contributed by atoms with van der Waals surface area (Å²) in [6, 6.07) is -0.638. The third-order valence-corrected chi connectivity index (χ3v) is 5.47. The van der Waals surface area contributed by atoms with E-state index in [1.54, 1.807) is 23.3 Å². The Morgan fingerprint density at radius 1 is 1.45 bits per heavy atom. The van der Waals surface area contributed by atoms with Gasteiger partial charge in [0, 0.05) is 30.9 Å². The first-order valence-electron chi connectivity index (χ1n) is 7.80. The summed E-state index contributed by atoms with van der Waals surface area (Å²) >= 11 is 1.77. The van der Waals surface area contributed by atoms with E-state index in [0.29, 0.717) is 25.4 Å². The molecule has 2 aliphatic rings. The first kappa shape index (κ1) is 15.3. The number of hydrogen-bond acceptors (Lipinski definition) is 4. The van der Waals surface area contributed by atoms with Crippen LogP contribution in [0.2, 0.25) is 0 Å². The molecule has 2 heterocycles. The second-order valence-corrected chi connectivity index (χ2v) is 7.37.